The zero-order valence-corrected chi connectivity index (χ0v) is 13.6. The number of hydrogen-bond donors (Lipinski definition) is 5. The predicted molar refractivity (Wildman–Crippen MR) is 80.4 cm³/mol. The van der Waals surface area contributed by atoms with E-state index in [1.54, 1.807) is 0 Å². The zero-order chi connectivity index (χ0) is 19.0. The molecular formula is C14H22N2O8. The smallest absolute Gasteiger partial charge is 0.327 e. The van der Waals surface area contributed by atoms with Crippen molar-refractivity contribution in [2.45, 2.75) is 45.7 Å². The molecule has 0 fully saturated rings. The molecule has 3 unspecified atom stereocenters. The van der Waals surface area contributed by atoms with Gasteiger partial charge in [0.15, 0.2) is 0 Å². The Labute approximate surface area is 138 Å². The van der Waals surface area contributed by atoms with Crippen LogP contribution in [0.15, 0.2) is 0 Å². The van der Waals surface area contributed by atoms with Crippen LogP contribution in [0.25, 0.3) is 0 Å². The van der Waals surface area contributed by atoms with E-state index >= 15 is 0 Å². The number of urea groups is 1. The molecule has 0 heterocycles. The summed E-state index contributed by atoms with van der Waals surface area (Å²) in [6.07, 6.45) is -0.220. The lowest BCUT2D eigenvalue weighted by molar-refractivity contribution is -0.150. The number of amides is 2. The molecule has 24 heavy (non-hydrogen) atoms. The standard InChI is InChI=1S/C14H22N2O8/c1-4-8(11(18)19)10(13(22)23)16-14(24)15-9(12(20)21)5-6(2)7(3)17/h6,8-10H,4-5H2,1-3H3,(H,18,19)(H,20,21)(H,22,23)(H2,15,16,24)/t6?,8-,9?,10?/m1/s1. The molecule has 136 valence electrons. The van der Waals surface area contributed by atoms with Crippen LogP contribution in [-0.2, 0) is 19.2 Å². The molecule has 0 bridgehead atoms. The number of carboxylic acid groups (broad SMARTS) is 3. The second-order valence-corrected chi connectivity index (χ2v) is 5.42. The first-order chi connectivity index (χ1) is 11.0. The van der Waals surface area contributed by atoms with E-state index in [2.05, 4.69) is 0 Å². The summed E-state index contributed by atoms with van der Waals surface area (Å²) < 4.78 is 0. The Morgan fingerprint density at radius 3 is 1.79 bits per heavy atom. The van der Waals surface area contributed by atoms with Gasteiger partial charge in [0, 0.05) is 5.92 Å². The number of hydrogen-bond acceptors (Lipinski definition) is 5. The van der Waals surface area contributed by atoms with Crippen LogP contribution in [0.2, 0.25) is 0 Å². The van der Waals surface area contributed by atoms with E-state index in [9.17, 15) is 24.0 Å². The molecule has 2 amide bonds. The fourth-order valence-corrected chi connectivity index (χ4v) is 1.97. The molecular weight excluding hydrogens is 324 g/mol. The second kappa shape index (κ2) is 9.48. The number of ketones is 1. The fraction of sp³-hybridized carbons (Fsp3) is 0.643. The maximum absolute atomic E-state index is 11.8. The summed E-state index contributed by atoms with van der Waals surface area (Å²) in [6, 6.07) is -4.26. The van der Waals surface area contributed by atoms with Gasteiger partial charge in [-0.15, -0.1) is 0 Å². The van der Waals surface area contributed by atoms with Gasteiger partial charge in [0.1, 0.15) is 17.9 Å². The number of rotatable bonds is 10. The van der Waals surface area contributed by atoms with Crippen molar-refractivity contribution in [3.8, 4) is 0 Å². The summed E-state index contributed by atoms with van der Waals surface area (Å²) in [6.45, 7) is 4.22. The van der Waals surface area contributed by atoms with Crippen molar-refractivity contribution >= 4 is 29.7 Å². The van der Waals surface area contributed by atoms with Gasteiger partial charge in [-0.05, 0) is 19.8 Å². The minimum atomic E-state index is -1.72. The highest BCUT2D eigenvalue weighted by atomic mass is 16.4. The first-order valence-electron chi connectivity index (χ1n) is 7.27. The van der Waals surface area contributed by atoms with Crippen LogP contribution in [-0.4, -0.2) is 57.1 Å². The molecule has 0 aromatic rings. The third-order valence-electron chi connectivity index (χ3n) is 3.60. The summed E-state index contributed by atoms with van der Waals surface area (Å²) in [5.41, 5.74) is 0. The highest BCUT2D eigenvalue weighted by Crippen LogP contribution is 2.11. The Kier molecular flexibility index (Phi) is 8.43. The molecule has 0 aromatic carbocycles. The molecule has 0 aliphatic rings. The van der Waals surface area contributed by atoms with Gasteiger partial charge in [0.25, 0.3) is 0 Å². The second-order valence-electron chi connectivity index (χ2n) is 5.42. The Morgan fingerprint density at radius 2 is 1.46 bits per heavy atom. The van der Waals surface area contributed by atoms with Gasteiger partial charge in [-0.1, -0.05) is 13.8 Å². The monoisotopic (exact) mass is 346 g/mol. The summed E-state index contributed by atoms with van der Waals surface area (Å²) in [7, 11) is 0. The first kappa shape index (κ1) is 21.4. The zero-order valence-electron chi connectivity index (χ0n) is 13.6. The van der Waals surface area contributed by atoms with Crippen molar-refractivity contribution in [3.63, 3.8) is 0 Å². The van der Waals surface area contributed by atoms with E-state index in [0.29, 0.717) is 0 Å². The SMILES string of the molecule is CC[C@@H](C(=O)O)C(NC(=O)NC(CC(C)C(C)=O)C(=O)O)C(=O)O. The number of aliphatic carboxylic acids is 3. The third-order valence-corrected chi connectivity index (χ3v) is 3.60. The molecule has 0 rings (SSSR count). The lowest BCUT2D eigenvalue weighted by Crippen LogP contribution is -2.54. The number of carbonyl (C=O) groups is 5. The molecule has 0 aliphatic carbocycles. The van der Waals surface area contributed by atoms with Crippen LogP contribution >= 0.6 is 0 Å². The van der Waals surface area contributed by atoms with Crippen LogP contribution in [0, 0.1) is 11.8 Å². The molecule has 0 saturated carbocycles. The molecule has 0 aromatic heterocycles. The summed E-state index contributed by atoms with van der Waals surface area (Å²) >= 11 is 0. The maximum atomic E-state index is 11.8. The van der Waals surface area contributed by atoms with Gasteiger partial charge in [0.05, 0.1) is 5.92 Å². The highest BCUT2D eigenvalue weighted by molar-refractivity contribution is 5.89. The Hall–Kier alpha value is -2.65. The Bertz CT molecular complexity index is 519. The van der Waals surface area contributed by atoms with E-state index in [1.165, 1.54) is 20.8 Å². The van der Waals surface area contributed by atoms with Gasteiger partial charge in [-0.25, -0.2) is 14.4 Å². The summed E-state index contributed by atoms with van der Waals surface area (Å²) in [4.78, 5) is 56.4. The van der Waals surface area contributed by atoms with Gasteiger partial charge in [-0.3, -0.25) is 9.59 Å². The fourth-order valence-electron chi connectivity index (χ4n) is 1.97. The van der Waals surface area contributed by atoms with Crippen molar-refractivity contribution in [1.82, 2.24) is 10.6 Å². The topological polar surface area (TPSA) is 170 Å². The van der Waals surface area contributed by atoms with Crippen molar-refractivity contribution in [2.75, 3.05) is 0 Å². The van der Waals surface area contributed by atoms with Crippen molar-refractivity contribution in [1.29, 1.82) is 0 Å². The number of carbonyl (C=O) groups excluding carboxylic acids is 2. The molecule has 0 radical (unpaired) electrons. The van der Waals surface area contributed by atoms with Crippen LogP contribution in [0.5, 0.6) is 0 Å². The van der Waals surface area contributed by atoms with Crippen LogP contribution in [0.3, 0.4) is 0 Å². The third kappa shape index (κ3) is 6.63. The van der Waals surface area contributed by atoms with Gasteiger partial charge < -0.3 is 26.0 Å². The highest BCUT2D eigenvalue weighted by Gasteiger charge is 2.34. The van der Waals surface area contributed by atoms with Crippen LogP contribution < -0.4 is 10.6 Å². The maximum Gasteiger partial charge on any atom is 0.327 e. The molecule has 10 heteroatoms. The minimum absolute atomic E-state index is 0.0453. The van der Waals surface area contributed by atoms with E-state index in [1.807, 2.05) is 10.6 Å². The van der Waals surface area contributed by atoms with Crippen LogP contribution in [0.1, 0.15) is 33.6 Å². The van der Waals surface area contributed by atoms with E-state index in [4.69, 9.17) is 15.3 Å². The van der Waals surface area contributed by atoms with Gasteiger partial charge in [0.2, 0.25) is 0 Å². The minimum Gasteiger partial charge on any atom is -0.481 e. The number of carboxylic acids is 3. The number of Topliss-reactive ketones (excluding diaryl/α,β-unsaturated/α-hetero) is 1. The first-order valence-corrected chi connectivity index (χ1v) is 7.27. The quantitative estimate of drug-likeness (QED) is 0.365. The molecule has 4 atom stereocenters. The molecule has 5 N–H and O–H groups in total. The van der Waals surface area contributed by atoms with Gasteiger partial charge >= 0.3 is 23.9 Å². The average Bonchev–Trinajstić information content (AvgIpc) is 2.45. The van der Waals surface area contributed by atoms with E-state index in [0.717, 1.165) is 0 Å². The van der Waals surface area contributed by atoms with Crippen LogP contribution in [0.4, 0.5) is 4.79 Å². The largest absolute Gasteiger partial charge is 0.481 e. The van der Waals surface area contributed by atoms with Gasteiger partial charge in [-0.2, -0.15) is 0 Å². The Balaban J connectivity index is 5.03. The molecule has 10 nitrogen and oxygen atoms in total. The normalized spacial score (nSPS) is 15.5. The van der Waals surface area contributed by atoms with Crippen molar-refractivity contribution in [2.24, 2.45) is 11.8 Å². The lowest BCUT2D eigenvalue weighted by atomic mass is 9.97. The number of nitrogens with one attached hydrogen (secondary N) is 2. The molecule has 0 spiro atoms. The molecule has 0 aliphatic heterocycles. The summed E-state index contributed by atoms with van der Waals surface area (Å²) in [5, 5.41) is 31.1. The van der Waals surface area contributed by atoms with E-state index < -0.39 is 47.9 Å². The summed E-state index contributed by atoms with van der Waals surface area (Å²) in [5.74, 6) is -6.59. The molecule has 0 saturated heterocycles. The van der Waals surface area contributed by atoms with Crippen molar-refractivity contribution in [3.05, 3.63) is 0 Å². The predicted octanol–water partition coefficient (Wildman–Crippen LogP) is -0.0820. The Morgan fingerprint density at radius 1 is 0.917 bits per heavy atom. The average molecular weight is 346 g/mol. The van der Waals surface area contributed by atoms with Crippen molar-refractivity contribution < 1.29 is 39.3 Å². The lowest BCUT2D eigenvalue weighted by Gasteiger charge is -2.23. The van der Waals surface area contributed by atoms with E-state index in [-0.39, 0.29) is 18.6 Å².